The smallest absolute Gasteiger partial charge is 0.477 e. The van der Waals surface area contributed by atoms with Gasteiger partial charge in [0.1, 0.15) is 5.75 Å². The summed E-state index contributed by atoms with van der Waals surface area (Å²) < 4.78 is 46.5. The Balaban J connectivity index is 2.36. The number of rotatable bonds is 4. The number of allylic oxidation sites excluding steroid dienone is 2. The van der Waals surface area contributed by atoms with Crippen molar-refractivity contribution in [2.24, 2.45) is 10.7 Å². The molecule has 1 heterocycles. The molecule has 142 valence electrons. The van der Waals surface area contributed by atoms with Gasteiger partial charge in [-0.3, -0.25) is 0 Å². The van der Waals surface area contributed by atoms with Gasteiger partial charge in [0.25, 0.3) is 0 Å². The molecule has 2 rings (SSSR count). The van der Waals surface area contributed by atoms with Crippen LogP contribution in [0.1, 0.15) is 39.2 Å². The summed E-state index contributed by atoms with van der Waals surface area (Å²) in [5, 5.41) is 0. The standard InChI is InChI=1S/C19H23F3N2O2/c1-12(2)17(11-23)24-18-16(5-4-10-25-18)13(3)14-6-8-15(9-7-14)26-19(20,21)22/h6-9H,4-5,10-11,23H2,1-3H3/b16-13+,24-18?. The van der Waals surface area contributed by atoms with Crippen LogP contribution in [0.15, 0.2) is 46.1 Å². The molecular formula is C19H23F3N2O2. The first-order valence-corrected chi connectivity index (χ1v) is 8.35. The molecule has 1 aromatic carbocycles. The molecule has 0 unspecified atom stereocenters. The Bertz CT molecular complexity index is 728. The Labute approximate surface area is 151 Å². The quantitative estimate of drug-likeness (QED) is 0.829. The monoisotopic (exact) mass is 368 g/mol. The van der Waals surface area contributed by atoms with Crippen LogP contribution in [-0.4, -0.2) is 25.4 Å². The van der Waals surface area contributed by atoms with Crippen LogP contribution in [0.3, 0.4) is 0 Å². The molecule has 0 bridgehead atoms. The largest absolute Gasteiger partial charge is 0.573 e. The number of hydrogen-bond acceptors (Lipinski definition) is 4. The second kappa shape index (κ2) is 8.40. The summed E-state index contributed by atoms with van der Waals surface area (Å²) in [5.74, 6) is 0.286. The van der Waals surface area contributed by atoms with Crippen molar-refractivity contribution >= 4 is 11.5 Å². The summed E-state index contributed by atoms with van der Waals surface area (Å²) >= 11 is 0. The first-order chi connectivity index (χ1) is 12.2. The number of aliphatic imine (C=N–C) groups is 1. The zero-order valence-electron chi connectivity index (χ0n) is 15.1. The van der Waals surface area contributed by atoms with E-state index in [2.05, 4.69) is 9.73 Å². The van der Waals surface area contributed by atoms with Crippen molar-refractivity contribution in [1.29, 1.82) is 0 Å². The average molecular weight is 368 g/mol. The van der Waals surface area contributed by atoms with E-state index in [1.54, 1.807) is 12.1 Å². The molecular weight excluding hydrogens is 345 g/mol. The number of alkyl halides is 3. The zero-order chi connectivity index (χ0) is 19.3. The summed E-state index contributed by atoms with van der Waals surface area (Å²) in [6.45, 7) is 6.67. The Hall–Kier alpha value is -2.28. The van der Waals surface area contributed by atoms with E-state index in [0.29, 0.717) is 19.0 Å². The Morgan fingerprint density at radius 3 is 2.38 bits per heavy atom. The Kier molecular flexibility index (Phi) is 6.47. The van der Waals surface area contributed by atoms with E-state index in [0.717, 1.165) is 40.8 Å². The highest BCUT2D eigenvalue weighted by atomic mass is 19.4. The van der Waals surface area contributed by atoms with Crippen LogP contribution in [0.2, 0.25) is 0 Å². The maximum Gasteiger partial charge on any atom is 0.573 e. The van der Waals surface area contributed by atoms with Gasteiger partial charge in [0.15, 0.2) is 0 Å². The fraction of sp³-hybridized carbons (Fsp3) is 0.421. The Morgan fingerprint density at radius 2 is 1.85 bits per heavy atom. The van der Waals surface area contributed by atoms with Crippen molar-refractivity contribution in [3.05, 3.63) is 46.7 Å². The van der Waals surface area contributed by atoms with Crippen molar-refractivity contribution in [2.75, 3.05) is 13.2 Å². The third-order valence-electron chi connectivity index (χ3n) is 4.05. The second-order valence-corrected chi connectivity index (χ2v) is 6.20. The third kappa shape index (κ3) is 5.36. The number of ether oxygens (including phenoxy) is 2. The van der Waals surface area contributed by atoms with E-state index >= 15 is 0 Å². The lowest BCUT2D eigenvalue weighted by molar-refractivity contribution is -0.274. The van der Waals surface area contributed by atoms with Gasteiger partial charge in [-0.1, -0.05) is 17.7 Å². The maximum atomic E-state index is 12.3. The van der Waals surface area contributed by atoms with Crippen molar-refractivity contribution in [2.45, 2.75) is 40.0 Å². The van der Waals surface area contributed by atoms with Crippen LogP contribution in [0.25, 0.3) is 5.57 Å². The van der Waals surface area contributed by atoms with Gasteiger partial charge in [-0.15, -0.1) is 13.2 Å². The highest BCUT2D eigenvalue weighted by Gasteiger charge is 2.31. The van der Waals surface area contributed by atoms with Crippen LogP contribution >= 0.6 is 0 Å². The Morgan fingerprint density at radius 1 is 1.19 bits per heavy atom. The van der Waals surface area contributed by atoms with Gasteiger partial charge in [0.2, 0.25) is 5.90 Å². The average Bonchev–Trinajstić information content (AvgIpc) is 2.58. The highest BCUT2D eigenvalue weighted by molar-refractivity contribution is 6.02. The van der Waals surface area contributed by atoms with Crippen molar-refractivity contribution < 1.29 is 22.6 Å². The first-order valence-electron chi connectivity index (χ1n) is 8.35. The molecule has 1 fully saturated rings. The predicted octanol–water partition coefficient (Wildman–Crippen LogP) is 4.82. The minimum atomic E-state index is -4.70. The minimum absolute atomic E-state index is 0.247. The highest BCUT2D eigenvalue weighted by Crippen LogP contribution is 2.29. The molecule has 2 N–H and O–H groups in total. The molecule has 0 aliphatic carbocycles. The van der Waals surface area contributed by atoms with Gasteiger partial charge in [0.05, 0.1) is 12.3 Å². The molecule has 4 nitrogen and oxygen atoms in total. The fourth-order valence-electron chi connectivity index (χ4n) is 2.62. The fourth-order valence-corrected chi connectivity index (χ4v) is 2.62. The molecule has 1 aliphatic rings. The summed E-state index contributed by atoms with van der Waals surface area (Å²) in [5.41, 5.74) is 10.2. The minimum Gasteiger partial charge on any atom is -0.477 e. The van der Waals surface area contributed by atoms with Crippen LogP contribution in [0.4, 0.5) is 13.2 Å². The molecule has 26 heavy (non-hydrogen) atoms. The summed E-state index contributed by atoms with van der Waals surface area (Å²) in [4.78, 5) is 4.57. The molecule has 1 saturated heterocycles. The number of benzene rings is 1. The summed E-state index contributed by atoms with van der Waals surface area (Å²) in [6, 6.07) is 5.80. The molecule has 1 aromatic rings. The summed E-state index contributed by atoms with van der Waals surface area (Å²) in [7, 11) is 0. The molecule has 0 radical (unpaired) electrons. The number of halogens is 3. The number of nitrogens with zero attached hydrogens (tertiary/aromatic N) is 1. The van der Waals surface area contributed by atoms with E-state index < -0.39 is 6.36 Å². The van der Waals surface area contributed by atoms with Gasteiger partial charge in [-0.25, -0.2) is 4.99 Å². The van der Waals surface area contributed by atoms with Gasteiger partial charge in [-0.05, 0) is 56.9 Å². The van der Waals surface area contributed by atoms with Gasteiger partial charge < -0.3 is 15.2 Å². The lowest BCUT2D eigenvalue weighted by Crippen LogP contribution is -2.19. The van der Waals surface area contributed by atoms with E-state index in [4.69, 9.17) is 10.5 Å². The molecule has 0 atom stereocenters. The molecule has 0 spiro atoms. The number of nitrogens with two attached hydrogens (primary N) is 1. The van der Waals surface area contributed by atoms with Crippen LogP contribution < -0.4 is 10.5 Å². The van der Waals surface area contributed by atoms with E-state index in [1.165, 1.54) is 12.1 Å². The van der Waals surface area contributed by atoms with Crippen LogP contribution in [0, 0.1) is 0 Å². The van der Waals surface area contributed by atoms with Crippen molar-refractivity contribution in [3.63, 3.8) is 0 Å². The van der Waals surface area contributed by atoms with Crippen LogP contribution in [-0.2, 0) is 4.74 Å². The predicted molar refractivity (Wildman–Crippen MR) is 95.8 cm³/mol. The van der Waals surface area contributed by atoms with Crippen LogP contribution in [0.5, 0.6) is 5.75 Å². The maximum absolute atomic E-state index is 12.3. The molecule has 7 heteroatoms. The first kappa shape index (κ1) is 20.0. The van der Waals surface area contributed by atoms with Gasteiger partial charge in [0, 0.05) is 12.1 Å². The molecule has 0 saturated carbocycles. The second-order valence-electron chi connectivity index (χ2n) is 6.20. The molecule has 0 aromatic heterocycles. The van der Waals surface area contributed by atoms with Crippen molar-refractivity contribution in [3.8, 4) is 5.75 Å². The topological polar surface area (TPSA) is 56.8 Å². The van der Waals surface area contributed by atoms with Gasteiger partial charge >= 0.3 is 6.36 Å². The molecule has 0 amide bonds. The molecule has 1 aliphatic heterocycles. The van der Waals surface area contributed by atoms with Crippen molar-refractivity contribution in [1.82, 2.24) is 0 Å². The lowest BCUT2D eigenvalue weighted by atomic mass is 9.96. The zero-order valence-corrected chi connectivity index (χ0v) is 15.1. The third-order valence-corrected chi connectivity index (χ3v) is 4.05. The number of hydrogen-bond donors (Lipinski definition) is 1. The SMILES string of the molecule is CC(C)=C(CN)N=C1OCCC/C1=C(/C)c1ccc(OC(F)(F)F)cc1. The normalized spacial score (nSPS) is 18.3. The summed E-state index contributed by atoms with van der Waals surface area (Å²) in [6.07, 6.45) is -3.06. The lowest BCUT2D eigenvalue weighted by Gasteiger charge is -2.21. The van der Waals surface area contributed by atoms with E-state index in [9.17, 15) is 13.2 Å². The van der Waals surface area contributed by atoms with Gasteiger partial charge in [-0.2, -0.15) is 0 Å². The van der Waals surface area contributed by atoms with E-state index in [1.807, 2.05) is 20.8 Å². The van der Waals surface area contributed by atoms with E-state index in [-0.39, 0.29) is 5.75 Å².